The van der Waals surface area contributed by atoms with Crippen molar-refractivity contribution in [2.45, 2.75) is 75.3 Å². The third-order valence-corrected chi connectivity index (χ3v) is 8.93. The number of rotatable bonds is 4. The molecule has 2 unspecified atom stereocenters. The fraction of sp³-hybridized carbons (Fsp3) is 0.609. The van der Waals surface area contributed by atoms with Crippen molar-refractivity contribution in [2.75, 3.05) is 25.0 Å². The number of aryl methyl sites for hydroxylation is 1. The van der Waals surface area contributed by atoms with Crippen LogP contribution in [0.2, 0.25) is 0 Å². The van der Waals surface area contributed by atoms with Crippen LogP contribution in [-0.2, 0) is 35.8 Å². The lowest BCUT2D eigenvalue weighted by molar-refractivity contribution is 0.0993. The topological polar surface area (TPSA) is 118 Å². The van der Waals surface area contributed by atoms with E-state index in [9.17, 15) is 13.2 Å². The summed E-state index contributed by atoms with van der Waals surface area (Å²) in [5.41, 5.74) is 4.89. The Bertz CT molecular complexity index is 1250. The normalized spacial score (nSPS) is 23.8. The van der Waals surface area contributed by atoms with Crippen molar-refractivity contribution in [2.24, 2.45) is 0 Å². The van der Waals surface area contributed by atoms with Crippen molar-refractivity contribution >= 4 is 21.7 Å². The number of likely N-dealkylation sites (tertiary alicyclic amines) is 1. The van der Waals surface area contributed by atoms with Gasteiger partial charge in [-0.1, -0.05) is 6.92 Å². The summed E-state index contributed by atoms with van der Waals surface area (Å²) < 4.78 is 35.8. The molecule has 4 heterocycles. The number of nitrogens with one attached hydrogen (secondary N) is 2. The zero-order chi connectivity index (χ0) is 23.4. The molecule has 0 radical (unpaired) electrons. The van der Waals surface area contributed by atoms with Crippen LogP contribution in [0.4, 0.5) is 10.5 Å². The summed E-state index contributed by atoms with van der Waals surface area (Å²) in [5.74, 6) is 0.531. The number of anilines is 1. The smallest absolute Gasteiger partial charge is 0.333 e. The number of hydrogen-bond donors (Lipinski definition) is 2. The zero-order valence-corrected chi connectivity index (χ0v) is 20.2. The number of amides is 2. The summed E-state index contributed by atoms with van der Waals surface area (Å²) in [5, 5.41) is 7.11. The molecule has 0 saturated carbocycles. The first-order valence-corrected chi connectivity index (χ1v) is 13.7. The summed E-state index contributed by atoms with van der Waals surface area (Å²) in [4.78, 5) is 20.0. The van der Waals surface area contributed by atoms with Gasteiger partial charge in [0.2, 0.25) is 5.88 Å². The molecular formula is C23H30N6O4S. The summed E-state index contributed by atoms with van der Waals surface area (Å²) in [6, 6.07) is -0.590. The number of carbonyl (C=O) groups is 1. The molecule has 4 aliphatic rings. The second-order valence-electron chi connectivity index (χ2n) is 9.83. The maximum absolute atomic E-state index is 13.1. The van der Waals surface area contributed by atoms with Gasteiger partial charge in [-0.3, -0.25) is 9.88 Å². The number of aromatic nitrogens is 3. The first-order chi connectivity index (χ1) is 16.4. The van der Waals surface area contributed by atoms with E-state index in [2.05, 4.69) is 27.0 Å². The molecule has 1 fully saturated rings. The lowest BCUT2D eigenvalue weighted by Crippen LogP contribution is -2.44. The number of sulfonamides is 1. The molecule has 0 aromatic carbocycles. The highest BCUT2D eigenvalue weighted by atomic mass is 32.2. The lowest BCUT2D eigenvalue weighted by atomic mass is 10.0. The van der Waals surface area contributed by atoms with E-state index in [4.69, 9.17) is 9.72 Å². The van der Waals surface area contributed by atoms with Gasteiger partial charge in [0.15, 0.2) is 4.90 Å². The number of fused-ring (bicyclic) bond motifs is 3. The molecule has 10 nitrogen and oxygen atoms in total. The van der Waals surface area contributed by atoms with Gasteiger partial charge in [0.25, 0.3) is 10.0 Å². The summed E-state index contributed by atoms with van der Waals surface area (Å²) >= 11 is 0. The van der Waals surface area contributed by atoms with Crippen molar-refractivity contribution in [1.29, 1.82) is 0 Å². The Morgan fingerprint density at radius 1 is 1.15 bits per heavy atom. The van der Waals surface area contributed by atoms with E-state index >= 15 is 0 Å². The monoisotopic (exact) mass is 486 g/mol. The molecule has 2 aliphatic heterocycles. The number of carbonyl (C=O) groups excluding carboxylic acids is 1. The van der Waals surface area contributed by atoms with Gasteiger partial charge in [-0.2, -0.15) is 5.10 Å². The Kier molecular flexibility index (Phi) is 5.29. The number of ether oxygens (including phenoxy) is 1. The lowest BCUT2D eigenvalue weighted by Gasteiger charge is -2.31. The first-order valence-electron chi connectivity index (χ1n) is 12.2. The highest BCUT2D eigenvalue weighted by Gasteiger charge is 2.35. The minimum Gasteiger partial charge on any atom is -0.475 e. The minimum absolute atomic E-state index is 0.110. The quantitative estimate of drug-likeness (QED) is 0.680. The van der Waals surface area contributed by atoms with Crippen LogP contribution in [0.5, 0.6) is 5.88 Å². The molecule has 6 rings (SSSR count). The Hall–Kier alpha value is -2.66. The molecule has 11 heteroatoms. The second-order valence-corrected chi connectivity index (χ2v) is 11.5. The molecule has 2 aromatic heterocycles. The van der Waals surface area contributed by atoms with Crippen LogP contribution < -0.4 is 14.8 Å². The number of nitrogens with zero attached hydrogens (tertiary/aromatic N) is 4. The van der Waals surface area contributed by atoms with Gasteiger partial charge in [-0.25, -0.2) is 22.6 Å². The fourth-order valence-electron chi connectivity index (χ4n) is 5.84. The van der Waals surface area contributed by atoms with Gasteiger partial charge >= 0.3 is 6.03 Å². The van der Waals surface area contributed by atoms with Crippen LogP contribution >= 0.6 is 0 Å². The van der Waals surface area contributed by atoms with E-state index in [1.165, 1.54) is 19.0 Å². The highest BCUT2D eigenvalue weighted by Crippen LogP contribution is 2.41. The van der Waals surface area contributed by atoms with Crippen LogP contribution in [0.15, 0.2) is 11.1 Å². The third-order valence-electron chi connectivity index (χ3n) is 7.62. The largest absolute Gasteiger partial charge is 0.475 e. The van der Waals surface area contributed by atoms with E-state index in [0.717, 1.165) is 73.4 Å². The number of pyridine rings is 1. The average molecular weight is 487 g/mol. The van der Waals surface area contributed by atoms with E-state index in [1.807, 2.05) is 0 Å². The van der Waals surface area contributed by atoms with Crippen molar-refractivity contribution in [3.05, 3.63) is 28.7 Å². The highest BCUT2D eigenvalue weighted by molar-refractivity contribution is 7.90. The average Bonchev–Trinajstić information content (AvgIpc) is 3.60. The number of urea groups is 1. The van der Waals surface area contributed by atoms with Crippen LogP contribution in [0.25, 0.3) is 0 Å². The van der Waals surface area contributed by atoms with Gasteiger partial charge < -0.3 is 10.1 Å². The number of hydrogen-bond acceptors (Lipinski definition) is 7. The van der Waals surface area contributed by atoms with Crippen molar-refractivity contribution in [1.82, 2.24) is 24.4 Å². The maximum Gasteiger partial charge on any atom is 0.333 e. The van der Waals surface area contributed by atoms with E-state index < -0.39 is 16.1 Å². The van der Waals surface area contributed by atoms with Gasteiger partial charge in [0, 0.05) is 11.4 Å². The van der Waals surface area contributed by atoms with Crippen LogP contribution in [0, 0.1) is 0 Å². The Balaban J connectivity index is 1.21. The first kappa shape index (κ1) is 21.8. The molecule has 2 amide bonds. The molecule has 2 atom stereocenters. The van der Waals surface area contributed by atoms with E-state index in [-0.39, 0.29) is 16.8 Å². The molecule has 2 aromatic rings. The van der Waals surface area contributed by atoms with Crippen LogP contribution in [0.1, 0.15) is 61.0 Å². The molecule has 0 bridgehead atoms. The summed E-state index contributed by atoms with van der Waals surface area (Å²) in [6.45, 7) is 5.18. The predicted octanol–water partition coefficient (Wildman–Crippen LogP) is 2.18. The van der Waals surface area contributed by atoms with Gasteiger partial charge in [-0.15, -0.1) is 0 Å². The Morgan fingerprint density at radius 3 is 2.79 bits per heavy atom. The van der Waals surface area contributed by atoms with Crippen LogP contribution in [0.3, 0.4) is 0 Å². The van der Waals surface area contributed by atoms with Crippen molar-refractivity contribution in [3.63, 3.8) is 0 Å². The zero-order valence-electron chi connectivity index (χ0n) is 19.3. The molecule has 182 valence electrons. The summed E-state index contributed by atoms with van der Waals surface area (Å²) in [7, 11) is -4.15. The fourth-order valence-corrected chi connectivity index (χ4v) is 6.83. The van der Waals surface area contributed by atoms with E-state index in [1.54, 1.807) is 4.68 Å². The standard InChI is InChI=1S/C23H30N6O4S/c1-14-7-8-17-20(14)25-18-6-4-5-16(18)21(17)26-23(30)27-34(31,32)19-11-24-29-12-15(13-33-22(19)29)28-9-2-3-10-28/h11,14-15H,2-10,12-13H2,1H3,(H2,25,26,27,30). The van der Waals surface area contributed by atoms with Gasteiger partial charge in [0.1, 0.15) is 6.61 Å². The van der Waals surface area contributed by atoms with Crippen LogP contribution in [-0.4, -0.2) is 59.9 Å². The van der Waals surface area contributed by atoms with Crippen molar-refractivity contribution < 1.29 is 17.9 Å². The second kappa shape index (κ2) is 8.23. The van der Waals surface area contributed by atoms with Gasteiger partial charge in [0.05, 0.1) is 24.5 Å². The van der Waals surface area contributed by atoms with E-state index in [0.29, 0.717) is 19.1 Å². The van der Waals surface area contributed by atoms with Crippen molar-refractivity contribution in [3.8, 4) is 5.88 Å². The predicted molar refractivity (Wildman–Crippen MR) is 125 cm³/mol. The minimum atomic E-state index is -4.15. The van der Waals surface area contributed by atoms with Gasteiger partial charge in [-0.05, 0) is 75.1 Å². The molecule has 2 N–H and O–H groups in total. The Morgan fingerprint density at radius 2 is 1.97 bits per heavy atom. The third kappa shape index (κ3) is 3.65. The molecular weight excluding hydrogens is 456 g/mol. The summed E-state index contributed by atoms with van der Waals surface area (Å²) in [6.07, 6.45) is 8.15. The molecule has 1 saturated heterocycles. The maximum atomic E-state index is 13.1. The molecule has 2 aliphatic carbocycles. The molecule has 34 heavy (non-hydrogen) atoms. The Labute approximate surface area is 199 Å². The SMILES string of the molecule is CC1CCc2c1nc1c(c2NC(=O)NS(=O)(=O)c2cnn3c2OCC(N2CCCC2)C3)CCC1. The molecule has 0 spiro atoms.